The van der Waals surface area contributed by atoms with Crippen LogP contribution in [0.2, 0.25) is 0 Å². The first kappa shape index (κ1) is 25.1. The number of amides is 1. The summed E-state index contributed by atoms with van der Waals surface area (Å²) >= 11 is 0. The summed E-state index contributed by atoms with van der Waals surface area (Å²) in [6, 6.07) is 16.3. The minimum Gasteiger partial charge on any atom is -0.370 e. The van der Waals surface area contributed by atoms with E-state index in [9.17, 15) is 4.79 Å². The van der Waals surface area contributed by atoms with E-state index in [0.717, 1.165) is 36.7 Å². The summed E-state index contributed by atoms with van der Waals surface area (Å²) < 4.78 is 6.04. The van der Waals surface area contributed by atoms with Gasteiger partial charge in [-0.2, -0.15) is 0 Å². The Balaban J connectivity index is 0.00000341. The summed E-state index contributed by atoms with van der Waals surface area (Å²) in [6.45, 7) is 7.05. The average Bonchev–Trinajstić information content (AvgIpc) is 2.76. The van der Waals surface area contributed by atoms with E-state index >= 15 is 0 Å². The van der Waals surface area contributed by atoms with Gasteiger partial charge in [-0.3, -0.25) is 9.79 Å². The molecule has 168 valence electrons. The van der Waals surface area contributed by atoms with Crippen molar-refractivity contribution in [3.63, 3.8) is 0 Å². The fraction of sp³-hybridized carbons (Fsp3) is 0.417. The highest BCUT2D eigenvalue weighted by Gasteiger charge is 2.25. The van der Waals surface area contributed by atoms with Gasteiger partial charge in [-0.1, -0.05) is 43.3 Å². The van der Waals surface area contributed by atoms with Gasteiger partial charge in [-0.25, -0.2) is 0 Å². The Hall–Kier alpha value is -2.13. The molecule has 7 heteroatoms. The number of nitrogens with one attached hydrogen (secondary N) is 2. The number of hydrogen-bond acceptors (Lipinski definition) is 3. The second-order valence-electron chi connectivity index (χ2n) is 7.56. The molecule has 2 aromatic carbocycles. The highest BCUT2D eigenvalue weighted by atomic mass is 127. The maximum atomic E-state index is 11.7. The van der Waals surface area contributed by atoms with Crippen LogP contribution < -0.4 is 10.6 Å². The molecular formula is C24H33IN4O2. The van der Waals surface area contributed by atoms with Crippen LogP contribution in [0.15, 0.2) is 53.5 Å². The number of anilines is 1. The fourth-order valence-corrected chi connectivity index (χ4v) is 3.65. The number of guanidine groups is 1. The molecule has 1 atom stereocenters. The predicted octanol–water partition coefficient (Wildman–Crippen LogP) is 4.50. The fourth-order valence-electron chi connectivity index (χ4n) is 3.65. The molecule has 0 aliphatic carbocycles. The number of hydrogen-bond donors (Lipinski definition) is 2. The molecule has 0 saturated carbocycles. The van der Waals surface area contributed by atoms with Crippen molar-refractivity contribution in [2.45, 2.75) is 39.3 Å². The lowest BCUT2D eigenvalue weighted by Gasteiger charge is -2.35. The molecule has 1 aliphatic heterocycles. The topological polar surface area (TPSA) is 66.0 Å². The highest BCUT2D eigenvalue weighted by molar-refractivity contribution is 14.0. The van der Waals surface area contributed by atoms with Crippen LogP contribution in [-0.2, 0) is 16.1 Å². The van der Waals surface area contributed by atoms with E-state index in [1.165, 1.54) is 11.1 Å². The molecule has 1 unspecified atom stereocenters. The summed E-state index contributed by atoms with van der Waals surface area (Å²) in [6.07, 6.45) is 1.44. The van der Waals surface area contributed by atoms with E-state index in [1.807, 2.05) is 38.2 Å². The molecule has 0 spiro atoms. The zero-order valence-corrected chi connectivity index (χ0v) is 20.9. The van der Waals surface area contributed by atoms with Crippen molar-refractivity contribution >= 4 is 41.5 Å². The molecule has 31 heavy (non-hydrogen) atoms. The van der Waals surface area contributed by atoms with Gasteiger partial charge in [0, 0.05) is 32.2 Å². The van der Waals surface area contributed by atoms with Gasteiger partial charge in [-0.15, -0.1) is 24.0 Å². The number of halogens is 1. The maximum absolute atomic E-state index is 11.7. The molecule has 1 aliphatic rings. The molecule has 2 N–H and O–H groups in total. The molecule has 0 aromatic heterocycles. The van der Waals surface area contributed by atoms with Crippen LogP contribution in [0, 0.1) is 6.92 Å². The summed E-state index contributed by atoms with van der Waals surface area (Å²) in [4.78, 5) is 18.4. The van der Waals surface area contributed by atoms with E-state index in [4.69, 9.17) is 4.74 Å². The molecule has 2 aromatic rings. The van der Waals surface area contributed by atoms with Gasteiger partial charge >= 0.3 is 0 Å². The third-order valence-corrected chi connectivity index (χ3v) is 5.28. The third-order valence-electron chi connectivity index (χ3n) is 5.28. The first-order chi connectivity index (χ1) is 14.6. The van der Waals surface area contributed by atoms with E-state index in [1.54, 1.807) is 0 Å². The minimum absolute atomic E-state index is 0. The van der Waals surface area contributed by atoms with Crippen molar-refractivity contribution in [3.05, 3.63) is 65.2 Å². The summed E-state index contributed by atoms with van der Waals surface area (Å²) in [5.41, 5.74) is 4.45. The molecule has 6 nitrogen and oxygen atoms in total. The maximum Gasteiger partial charge on any atom is 0.224 e. The Bertz CT molecular complexity index is 870. The van der Waals surface area contributed by atoms with E-state index in [-0.39, 0.29) is 36.0 Å². The number of aryl methyl sites for hydroxylation is 1. The Morgan fingerprint density at radius 2 is 1.94 bits per heavy atom. The first-order valence-electron chi connectivity index (χ1n) is 10.6. The summed E-state index contributed by atoms with van der Waals surface area (Å²) in [5.74, 6) is 0.927. The number of benzene rings is 2. The van der Waals surface area contributed by atoms with Crippen molar-refractivity contribution < 1.29 is 9.53 Å². The lowest BCUT2D eigenvalue weighted by Crippen LogP contribution is -2.48. The number of carbonyl (C=O) groups is 1. The molecule has 1 fully saturated rings. The molecule has 0 bridgehead atoms. The van der Waals surface area contributed by atoms with Gasteiger partial charge in [0.2, 0.25) is 5.91 Å². The Morgan fingerprint density at radius 3 is 2.61 bits per heavy atom. The van der Waals surface area contributed by atoms with Crippen LogP contribution in [-0.4, -0.2) is 43.5 Å². The smallest absolute Gasteiger partial charge is 0.224 e. The monoisotopic (exact) mass is 536 g/mol. The second kappa shape index (κ2) is 12.7. The van der Waals surface area contributed by atoms with E-state index in [0.29, 0.717) is 19.6 Å². The Morgan fingerprint density at radius 1 is 1.19 bits per heavy atom. The predicted molar refractivity (Wildman–Crippen MR) is 137 cm³/mol. The SMILES string of the molecule is CCCC(=O)Nc1ccc(CNC(=NC)N2CCOC(c3ccccc3C)C2)cc1.I. The van der Waals surface area contributed by atoms with Crippen LogP contribution in [0.1, 0.15) is 42.6 Å². The van der Waals surface area contributed by atoms with E-state index in [2.05, 4.69) is 51.7 Å². The van der Waals surface area contributed by atoms with Gasteiger partial charge in [0.1, 0.15) is 6.10 Å². The van der Waals surface area contributed by atoms with Crippen molar-refractivity contribution in [2.75, 3.05) is 32.1 Å². The number of rotatable bonds is 6. The number of aliphatic imine (C=N–C) groups is 1. The zero-order valence-electron chi connectivity index (χ0n) is 18.6. The molecule has 1 saturated heterocycles. The van der Waals surface area contributed by atoms with Crippen molar-refractivity contribution in [1.82, 2.24) is 10.2 Å². The summed E-state index contributed by atoms with van der Waals surface area (Å²) in [7, 11) is 1.81. The van der Waals surface area contributed by atoms with Crippen LogP contribution in [0.3, 0.4) is 0 Å². The second-order valence-corrected chi connectivity index (χ2v) is 7.56. The van der Waals surface area contributed by atoms with E-state index < -0.39 is 0 Å². The van der Waals surface area contributed by atoms with Crippen molar-refractivity contribution in [3.8, 4) is 0 Å². The quantitative estimate of drug-likeness (QED) is 0.324. The van der Waals surface area contributed by atoms with Gasteiger partial charge in [0.25, 0.3) is 0 Å². The summed E-state index contributed by atoms with van der Waals surface area (Å²) in [5, 5.41) is 6.37. The number of ether oxygens (including phenoxy) is 1. The average molecular weight is 536 g/mol. The number of morpholine rings is 1. The molecule has 0 radical (unpaired) electrons. The Labute approximate surface area is 202 Å². The van der Waals surface area contributed by atoms with Crippen molar-refractivity contribution in [1.29, 1.82) is 0 Å². The molecule has 1 heterocycles. The largest absolute Gasteiger partial charge is 0.370 e. The molecular weight excluding hydrogens is 503 g/mol. The number of nitrogens with zero attached hydrogens (tertiary/aromatic N) is 2. The standard InChI is InChI=1S/C24H32N4O2.HI/c1-4-7-23(29)27-20-12-10-19(11-13-20)16-26-24(25-3)28-14-15-30-22(17-28)21-9-6-5-8-18(21)2;/h5-6,8-13,22H,4,7,14-17H2,1-3H3,(H,25,26)(H,27,29);1H. The molecule has 1 amide bonds. The third kappa shape index (κ3) is 7.21. The molecule has 3 rings (SSSR count). The van der Waals surface area contributed by atoms with Crippen LogP contribution in [0.25, 0.3) is 0 Å². The minimum atomic E-state index is 0. The van der Waals surface area contributed by atoms with Gasteiger partial charge in [0.15, 0.2) is 5.96 Å². The highest BCUT2D eigenvalue weighted by Crippen LogP contribution is 2.25. The lowest BCUT2D eigenvalue weighted by atomic mass is 10.0. The van der Waals surface area contributed by atoms with Crippen molar-refractivity contribution in [2.24, 2.45) is 4.99 Å². The van der Waals surface area contributed by atoms with Crippen LogP contribution in [0.5, 0.6) is 0 Å². The first-order valence-corrected chi connectivity index (χ1v) is 10.6. The zero-order chi connectivity index (χ0) is 21.3. The van der Waals surface area contributed by atoms with Crippen LogP contribution in [0.4, 0.5) is 5.69 Å². The lowest BCUT2D eigenvalue weighted by molar-refractivity contribution is -0.116. The number of carbonyl (C=O) groups excluding carboxylic acids is 1. The van der Waals surface area contributed by atoms with Gasteiger partial charge < -0.3 is 20.3 Å². The Kier molecular flexibility index (Phi) is 10.3. The van der Waals surface area contributed by atoms with Crippen LogP contribution >= 0.6 is 24.0 Å². The normalized spacial score (nSPS) is 16.4. The van der Waals surface area contributed by atoms with Gasteiger partial charge in [0.05, 0.1) is 13.2 Å². The van der Waals surface area contributed by atoms with Gasteiger partial charge in [-0.05, 0) is 42.2 Å².